The molecular formula is C14H19N3O5. The Labute approximate surface area is 126 Å². The molecule has 0 fully saturated rings. The molecule has 0 bridgehead atoms. The maximum absolute atomic E-state index is 12.2. The van der Waals surface area contributed by atoms with E-state index in [-0.39, 0.29) is 38.6 Å². The van der Waals surface area contributed by atoms with Crippen molar-refractivity contribution in [3.63, 3.8) is 0 Å². The van der Waals surface area contributed by atoms with E-state index in [1.54, 1.807) is 0 Å². The van der Waals surface area contributed by atoms with Gasteiger partial charge in [-0.25, -0.2) is 28.1 Å². The third kappa shape index (κ3) is 4.01. The highest BCUT2D eigenvalue weighted by atomic mass is 16.5. The molecule has 0 radical (unpaired) electrons. The summed E-state index contributed by atoms with van der Waals surface area (Å²) in [6.07, 6.45) is 2.78. The van der Waals surface area contributed by atoms with Crippen molar-refractivity contribution in [2.24, 2.45) is 0 Å². The van der Waals surface area contributed by atoms with Gasteiger partial charge in [0.1, 0.15) is 6.61 Å². The number of nitrogens with zero attached hydrogens (tertiary/aromatic N) is 3. The molecule has 0 saturated heterocycles. The minimum Gasteiger partial charge on any atom is -0.372 e. The van der Waals surface area contributed by atoms with Crippen molar-refractivity contribution in [2.75, 3.05) is 13.2 Å². The van der Waals surface area contributed by atoms with E-state index in [9.17, 15) is 19.2 Å². The second-order valence-corrected chi connectivity index (χ2v) is 4.55. The predicted molar refractivity (Wildman–Crippen MR) is 81.1 cm³/mol. The molecule has 0 N–H and O–H groups in total. The molecule has 1 aromatic rings. The van der Waals surface area contributed by atoms with Gasteiger partial charge in [-0.1, -0.05) is 12.2 Å². The Morgan fingerprint density at radius 3 is 1.86 bits per heavy atom. The average Bonchev–Trinajstić information content (AvgIpc) is 2.47. The van der Waals surface area contributed by atoms with E-state index in [2.05, 4.69) is 13.2 Å². The fraction of sp³-hybridized carbons (Fsp3) is 0.429. The molecule has 22 heavy (non-hydrogen) atoms. The average molecular weight is 309 g/mol. The first kappa shape index (κ1) is 17.6. The van der Waals surface area contributed by atoms with E-state index >= 15 is 0 Å². The van der Waals surface area contributed by atoms with Crippen molar-refractivity contribution < 1.29 is 9.53 Å². The number of hydrogen-bond acceptors (Lipinski definition) is 5. The first-order valence-corrected chi connectivity index (χ1v) is 6.67. The summed E-state index contributed by atoms with van der Waals surface area (Å²) < 4.78 is 7.76. The smallest absolute Gasteiger partial charge is 0.336 e. The van der Waals surface area contributed by atoms with Crippen LogP contribution < -0.4 is 17.1 Å². The zero-order chi connectivity index (χ0) is 16.7. The normalized spacial score (nSPS) is 10.4. The van der Waals surface area contributed by atoms with E-state index in [1.807, 2.05) is 0 Å². The molecule has 1 heterocycles. The maximum Gasteiger partial charge on any atom is 0.336 e. The second kappa shape index (κ2) is 8.08. The summed E-state index contributed by atoms with van der Waals surface area (Å²) in [6, 6.07) is 0. The van der Waals surface area contributed by atoms with Crippen LogP contribution in [-0.2, 0) is 29.2 Å². The van der Waals surface area contributed by atoms with Gasteiger partial charge in [-0.3, -0.25) is 4.79 Å². The standard InChI is InChI=1S/C14H19N3O5/c1-4-6-15-12(19)16(7-5-2)14(21)17(13(15)20)8-9-22-10-11(3)18/h4-5H,1-2,6-10H2,3H3. The number of carbonyl (C=O) groups is 1. The van der Waals surface area contributed by atoms with Crippen LogP contribution >= 0.6 is 0 Å². The molecule has 120 valence electrons. The molecule has 0 unspecified atom stereocenters. The van der Waals surface area contributed by atoms with Crippen LogP contribution in [0.4, 0.5) is 0 Å². The van der Waals surface area contributed by atoms with Gasteiger partial charge >= 0.3 is 17.1 Å². The van der Waals surface area contributed by atoms with Gasteiger partial charge in [-0.05, 0) is 6.92 Å². The number of hydrogen-bond donors (Lipinski definition) is 0. The lowest BCUT2D eigenvalue weighted by Crippen LogP contribution is -2.54. The number of allylic oxidation sites excluding steroid dienone is 2. The van der Waals surface area contributed by atoms with Gasteiger partial charge in [0.15, 0.2) is 5.78 Å². The fourth-order valence-electron chi connectivity index (χ4n) is 1.82. The number of carbonyl (C=O) groups excluding carboxylic acids is 1. The van der Waals surface area contributed by atoms with Crippen LogP contribution in [0.1, 0.15) is 6.92 Å². The second-order valence-electron chi connectivity index (χ2n) is 4.55. The molecule has 0 aliphatic carbocycles. The summed E-state index contributed by atoms with van der Waals surface area (Å²) in [5, 5.41) is 0. The first-order valence-electron chi connectivity index (χ1n) is 6.67. The Morgan fingerprint density at radius 1 is 1.00 bits per heavy atom. The molecule has 8 nitrogen and oxygen atoms in total. The molecule has 0 aromatic carbocycles. The molecule has 1 rings (SSSR count). The minimum absolute atomic E-state index is 0.00904. The Kier molecular flexibility index (Phi) is 6.46. The van der Waals surface area contributed by atoms with E-state index in [4.69, 9.17) is 4.74 Å². The lowest BCUT2D eigenvalue weighted by atomic mass is 10.5. The summed E-state index contributed by atoms with van der Waals surface area (Å²) in [7, 11) is 0. The highest BCUT2D eigenvalue weighted by Crippen LogP contribution is 1.82. The lowest BCUT2D eigenvalue weighted by Gasteiger charge is -2.12. The zero-order valence-corrected chi connectivity index (χ0v) is 12.5. The SMILES string of the molecule is C=CCn1c(=O)n(CC=C)c(=O)n(CCOCC(C)=O)c1=O. The molecule has 0 amide bonds. The summed E-state index contributed by atoms with van der Waals surface area (Å²) in [6.45, 7) is 8.17. The Hall–Kier alpha value is -2.48. The zero-order valence-electron chi connectivity index (χ0n) is 12.5. The number of rotatable bonds is 9. The fourth-order valence-corrected chi connectivity index (χ4v) is 1.82. The maximum atomic E-state index is 12.2. The predicted octanol–water partition coefficient (Wildman–Crippen LogP) is -0.851. The molecule has 0 aliphatic rings. The van der Waals surface area contributed by atoms with Crippen LogP contribution in [0.5, 0.6) is 0 Å². The first-order chi connectivity index (χ1) is 10.4. The number of ether oxygens (including phenoxy) is 1. The Morgan fingerprint density at radius 2 is 1.45 bits per heavy atom. The highest BCUT2D eigenvalue weighted by Gasteiger charge is 2.13. The number of Topliss-reactive ketones (excluding diaryl/α,β-unsaturated/α-hetero) is 1. The lowest BCUT2D eigenvalue weighted by molar-refractivity contribution is -0.121. The van der Waals surface area contributed by atoms with Crippen LogP contribution in [0.25, 0.3) is 0 Å². The third-order valence-corrected chi connectivity index (χ3v) is 2.77. The summed E-state index contributed by atoms with van der Waals surface area (Å²) in [4.78, 5) is 47.3. The van der Waals surface area contributed by atoms with Gasteiger partial charge < -0.3 is 4.74 Å². The van der Waals surface area contributed by atoms with Gasteiger partial charge in [0, 0.05) is 0 Å². The Bertz CT molecular complexity index is 690. The molecule has 0 atom stereocenters. The number of aromatic nitrogens is 3. The van der Waals surface area contributed by atoms with Crippen molar-refractivity contribution in [3.8, 4) is 0 Å². The van der Waals surface area contributed by atoms with Crippen molar-refractivity contribution in [3.05, 3.63) is 56.8 Å². The van der Waals surface area contributed by atoms with E-state index in [1.165, 1.54) is 19.1 Å². The molecule has 0 spiro atoms. The Balaban J connectivity index is 3.25. The molecular weight excluding hydrogens is 290 g/mol. The van der Waals surface area contributed by atoms with E-state index in [0.717, 1.165) is 13.7 Å². The number of ketones is 1. The van der Waals surface area contributed by atoms with Crippen molar-refractivity contribution in [1.29, 1.82) is 0 Å². The van der Waals surface area contributed by atoms with Crippen molar-refractivity contribution in [2.45, 2.75) is 26.6 Å². The topological polar surface area (TPSA) is 92.3 Å². The van der Waals surface area contributed by atoms with Gasteiger partial charge in [0.05, 0.1) is 26.2 Å². The van der Waals surface area contributed by atoms with Crippen LogP contribution in [0.2, 0.25) is 0 Å². The van der Waals surface area contributed by atoms with Crippen molar-refractivity contribution in [1.82, 2.24) is 13.7 Å². The molecule has 1 aromatic heterocycles. The van der Waals surface area contributed by atoms with Crippen LogP contribution in [0, 0.1) is 0 Å². The highest BCUT2D eigenvalue weighted by molar-refractivity contribution is 5.76. The third-order valence-electron chi connectivity index (χ3n) is 2.77. The molecule has 8 heteroatoms. The summed E-state index contributed by atoms with van der Waals surface area (Å²) in [5.74, 6) is -0.159. The van der Waals surface area contributed by atoms with Crippen molar-refractivity contribution >= 4 is 5.78 Å². The quantitative estimate of drug-likeness (QED) is 0.437. The van der Waals surface area contributed by atoms with Crippen LogP contribution in [0.15, 0.2) is 39.7 Å². The van der Waals surface area contributed by atoms with Gasteiger partial charge in [0.25, 0.3) is 0 Å². The molecule has 0 aliphatic heterocycles. The van der Waals surface area contributed by atoms with Crippen LogP contribution in [-0.4, -0.2) is 32.7 Å². The van der Waals surface area contributed by atoms with Gasteiger partial charge in [-0.2, -0.15) is 0 Å². The largest absolute Gasteiger partial charge is 0.372 e. The summed E-state index contributed by atoms with van der Waals surface area (Å²) >= 11 is 0. The molecule has 0 saturated carbocycles. The van der Waals surface area contributed by atoms with Crippen LogP contribution in [0.3, 0.4) is 0 Å². The van der Waals surface area contributed by atoms with E-state index in [0.29, 0.717) is 0 Å². The summed E-state index contributed by atoms with van der Waals surface area (Å²) in [5.41, 5.74) is -2.18. The minimum atomic E-state index is -0.735. The van der Waals surface area contributed by atoms with Gasteiger partial charge in [0.2, 0.25) is 0 Å². The van der Waals surface area contributed by atoms with Gasteiger partial charge in [-0.15, -0.1) is 13.2 Å². The monoisotopic (exact) mass is 309 g/mol. The van der Waals surface area contributed by atoms with E-state index < -0.39 is 17.1 Å².